The zero-order valence-electron chi connectivity index (χ0n) is 10.5. The molecule has 0 fully saturated rings. The van der Waals surface area contributed by atoms with Gasteiger partial charge >= 0.3 is 0 Å². The third-order valence-electron chi connectivity index (χ3n) is 2.84. The van der Waals surface area contributed by atoms with Crippen LogP contribution in [-0.4, -0.2) is 20.2 Å². The number of hydrogen-bond donors (Lipinski definition) is 2. The lowest BCUT2D eigenvalue weighted by Crippen LogP contribution is -2.02. The number of halogens is 1. The summed E-state index contributed by atoms with van der Waals surface area (Å²) >= 11 is 5.73. The second-order valence-electron chi connectivity index (χ2n) is 4.25. The largest absolute Gasteiger partial charge is 0.350 e. The van der Waals surface area contributed by atoms with E-state index in [0.29, 0.717) is 17.5 Å². The number of rotatable bonds is 4. The summed E-state index contributed by atoms with van der Waals surface area (Å²) in [4.78, 5) is 8.17. The molecule has 0 saturated heterocycles. The van der Waals surface area contributed by atoms with E-state index in [9.17, 15) is 0 Å². The van der Waals surface area contributed by atoms with Gasteiger partial charge < -0.3 is 5.32 Å². The lowest BCUT2D eigenvalue weighted by Gasteiger charge is -2.05. The molecule has 0 atom stereocenters. The van der Waals surface area contributed by atoms with Crippen molar-refractivity contribution in [2.24, 2.45) is 0 Å². The predicted molar refractivity (Wildman–Crippen MR) is 78.4 cm³/mol. The number of aromatic nitrogens is 4. The SMILES string of the molecule is Clc1cnc(NCc2ccc(-c3ccn[nH]3)cc2)nc1. The first kappa shape index (κ1) is 12.6. The molecule has 0 aliphatic carbocycles. The number of hydrogen-bond acceptors (Lipinski definition) is 4. The minimum Gasteiger partial charge on any atom is -0.350 e. The summed E-state index contributed by atoms with van der Waals surface area (Å²) in [7, 11) is 0. The molecule has 1 aromatic carbocycles. The fourth-order valence-corrected chi connectivity index (χ4v) is 1.90. The number of benzene rings is 1. The smallest absolute Gasteiger partial charge is 0.222 e. The van der Waals surface area contributed by atoms with E-state index in [1.807, 2.05) is 18.2 Å². The average Bonchev–Trinajstić information content (AvgIpc) is 3.01. The molecule has 0 unspecified atom stereocenters. The number of nitrogens with zero attached hydrogens (tertiary/aromatic N) is 3. The van der Waals surface area contributed by atoms with Gasteiger partial charge in [-0.2, -0.15) is 5.10 Å². The standard InChI is InChI=1S/C14H12ClN5/c15-12-8-17-14(18-9-12)16-7-10-1-3-11(4-2-10)13-5-6-19-20-13/h1-6,8-9H,7H2,(H,19,20)(H,16,17,18). The molecule has 2 N–H and O–H groups in total. The molecule has 0 spiro atoms. The van der Waals surface area contributed by atoms with E-state index in [1.165, 1.54) is 0 Å². The Morgan fingerprint density at radius 1 is 1.05 bits per heavy atom. The molecule has 0 radical (unpaired) electrons. The van der Waals surface area contributed by atoms with Crippen molar-refractivity contribution >= 4 is 17.5 Å². The maximum Gasteiger partial charge on any atom is 0.222 e. The molecule has 3 aromatic rings. The van der Waals surface area contributed by atoms with Crippen LogP contribution in [0, 0.1) is 0 Å². The van der Waals surface area contributed by atoms with E-state index in [4.69, 9.17) is 11.6 Å². The van der Waals surface area contributed by atoms with Crippen LogP contribution in [0.25, 0.3) is 11.3 Å². The van der Waals surface area contributed by atoms with E-state index in [0.717, 1.165) is 16.8 Å². The molecule has 0 aliphatic heterocycles. The van der Waals surface area contributed by atoms with Crippen LogP contribution < -0.4 is 5.32 Å². The molecule has 0 aliphatic rings. The van der Waals surface area contributed by atoms with Gasteiger partial charge in [0.25, 0.3) is 0 Å². The van der Waals surface area contributed by atoms with Crippen LogP contribution in [0.4, 0.5) is 5.95 Å². The normalized spacial score (nSPS) is 10.4. The zero-order chi connectivity index (χ0) is 13.8. The molecule has 0 bridgehead atoms. The van der Waals surface area contributed by atoms with Crippen LogP contribution in [0.3, 0.4) is 0 Å². The number of nitrogens with one attached hydrogen (secondary N) is 2. The quantitative estimate of drug-likeness (QED) is 0.773. The Bertz CT molecular complexity index is 662. The van der Waals surface area contributed by atoms with Gasteiger partial charge in [0.05, 0.1) is 23.1 Å². The van der Waals surface area contributed by atoms with Gasteiger partial charge in [-0.3, -0.25) is 5.10 Å². The fraction of sp³-hybridized carbons (Fsp3) is 0.0714. The first-order valence-electron chi connectivity index (χ1n) is 6.11. The second-order valence-corrected chi connectivity index (χ2v) is 4.68. The highest BCUT2D eigenvalue weighted by atomic mass is 35.5. The Morgan fingerprint density at radius 3 is 2.45 bits per heavy atom. The molecule has 5 nitrogen and oxygen atoms in total. The van der Waals surface area contributed by atoms with E-state index in [-0.39, 0.29) is 0 Å². The highest BCUT2D eigenvalue weighted by Gasteiger charge is 2.00. The van der Waals surface area contributed by atoms with E-state index in [2.05, 4.69) is 37.6 Å². The third kappa shape index (κ3) is 2.95. The second kappa shape index (κ2) is 5.71. The van der Waals surface area contributed by atoms with Crippen LogP contribution in [0.2, 0.25) is 5.02 Å². The number of anilines is 1. The summed E-state index contributed by atoms with van der Waals surface area (Å²) in [5.41, 5.74) is 3.26. The van der Waals surface area contributed by atoms with Gasteiger partial charge in [0.1, 0.15) is 0 Å². The summed E-state index contributed by atoms with van der Waals surface area (Å²) < 4.78 is 0. The van der Waals surface area contributed by atoms with Crippen molar-refractivity contribution in [2.75, 3.05) is 5.32 Å². The molecule has 2 aromatic heterocycles. The van der Waals surface area contributed by atoms with Crippen LogP contribution in [0.5, 0.6) is 0 Å². The monoisotopic (exact) mass is 285 g/mol. The number of aromatic amines is 1. The Labute approximate surface area is 121 Å². The molecule has 0 saturated carbocycles. The fourth-order valence-electron chi connectivity index (χ4n) is 1.80. The van der Waals surface area contributed by atoms with Crippen molar-refractivity contribution in [1.82, 2.24) is 20.2 Å². The molecule has 3 rings (SSSR count). The summed E-state index contributed by atoms with van der Waals surface area (Å²) in [5, 5.41) is 10.5. The summed E-state index contributed by atoms with van der Waals surface area (Å²) in [6, 6.07) is 10.1. The Hall–Kier alpha value is -2.40. The summed E-state index contributed by atoms with van der Waals surface area (Å²) in [6.45, 7) is 0.658. The minimum absolute atomic E-state index is 0.527. The van der Waals surface area contributed by atoms with E-state index in [1.54, 1.807) is 18.6 Å². The van der Waals surface area contributed by atoms with Gasteiger partial charge in [0.2, 0.25) is 5.95 Å². The lowest BCUT2D eigenvalue weighted by molar-refractivity contribution is 1.05. The molecular weight excluding hydrogens is 274 g/mol. The average molecular weight is 286 g/mol. The maximum atomic E-state index is 5.73. The summed E-state index contributed by atoms with van der Waals surface area (Å²) in [6.07, 6.45) is 4.87. The first-order valence-corrected chi connectivity index (χ1v) is 6.49. The van der Waals surface area contributed by atoms with Gasteiger partial charge in [0, 0.05) is 12.7 Å². The number of H-pyrrole nitrogens is 1. The molecule has 20 heavy (non-hydrogen) atoms. The Kier molecular flexibility index (Phi) is 3.60. The topological polar surface area (TPSA) is 66.5 Å². The van der Waals surface area contributed by atoms with Gasteiger partial charge in [0.15, 0.2) is 0 Å². The van der Waals surface area contributed by atoms with Crippen molar-refractivity contribution < 1.29 is 0 Å². The zero-order valence-corrected chi connectivity index (χ0v) is 11.3. The van der Waals surface area contributed by atoms with Crippen LogP contribution in [0.1, 0.15) is 5.56 Å². The molecule has 0 amide bonds. The Morgan fingerprint density at radius 2 is 1.80 bits per heavy atom. The van der Waals surface area contributed by atoms with Crippen molar-refractivity contribution in [2.45, 2.75) is 6.54 Å². The first-order chi connectivity index (χ1) is 9.81. The predicted octanol–water partition coefficient (Wildman–Crippen LogP) is 3.13. The molecular formula is C14H12ClN5. The van der Waals surface area contributed by atoms with E-state index < -0.39 is 0 Å². The molecule has 100 valence electrons. The van der Waals surface area contributed by atoms with Crippen molar-refractivity contribution in [3.8, 4) is 11.3 Å². The van der Waals surface area contributed by atoms with Gasteiger partial charge in [-0.25, -0.2) is 9.97 Å². The highest BCUT2D eigenvalue weighted by molar-refractivity contribution is 6.30. The van der Waals surface area contributed by atoms with Gasteiger partial charge in [-0.15, -0.1) is 0 Å². The van der Waals surface area contributed by atoms with E-state index >= 15 is 0 Å². The lowest BCUT2D eigenvalue weighted by atomic mass is 10.1. The van der Waals surface area contributed by atoms with Crippen LogP contribution >= 0.6 is 11.6 Å². The van der Waals surface area contributed by atoms with Gasteiger partial charge in [-0.1, -0.05) is 35.9 Å². The van der Waals surface area contributed by atoms with Crippen molar-refractivity contribution in [3.05, 3.63) is 59.5 Å². The molecule has 6 heteroatoms. The Balaban J connectivity index is 1.65. The molecule has 2 heterocycles. The maximum absolute atomic E-state index is 5.73. The van der Waals surface area contributed by atoms with Crippen molar-refractivity contribution in [3.63, 3.8) is 0 Å². The van der Waals surface area contributed by atoms with Crippen LogP contribution in [0.15, 0.2) is 48.9 Å². The van der Waals surface area contributed by atoms with Crippen LogP contribution in [-0.2, 0) is 6.54 Å². The third-order valence-corrected chi connectivity index (χ3v) is 3.03. The minimum atomic E-state index is 0.527. The van der Waals surface area contributed by atoms with Gasteiger partial charge in [-0.05, 0) is 17.2 Å². The highest BCUT2D eigenvalue weighted by Crippen LogP contribution is 2.17. The summed E-state index contributed by atoms with van der Waals surface area (Å²) in [5.74, 6) is 0.562. The van der Waals surface area contributed by atoms with Crippen molar-refractivity contribution in [1.29, 1.82) is 0 Å².